The maximum absolute atomic E-state index is 13.1. The van der Waals surface area contributed by atoms with Crippen molar-refractivity contribution in [3.63, 3.8) is 0 Å². The Bertz CT molecular complexity index is 1210. The number of Topliss-reactive ketones (excluding diaryl/α,β-unsaturated/α-hetero) is 1. The number of ketones is 1. The number of aliphatic hydroxyl groups excluding tert-OH is 1. The third kappa shape index (κ3) is 3.62. The van der Waals surface area contributed by atoms with E-state index in [1.807, 2.05) is 37.3 Å². The third-order valence-corrected chi connectivity index (χ3v) is 5.49. The molecule has 0 bridgehead atoms. The number of benzene rings is 1. The number of pyridine rings is 1. The summed E-state index contributed by atoms with van der Waals surface area (Å²) >= 11 is 0. The quantitative estimate of drug-likeness (QED) is 0.348. The van der Waals surface area contributed by atoms with Gasteiger partial charge in [-0.25, -0.2) is 4.98 Å². The minimum atomic E-state index is -0.779. The highest BCUT2D eigenvalue weighted by molar-refractivity contribution is 6.46. The number of amides is 1. The lowest BCUT2D eigenvalue weighted by Gasteiger charge is -2.25. The van der Waals surface area contributed by atoms with Crippen LogP contribution < -0.4 is 4.74 Å². The Kier molecular flexibility index (Phi) is 5.96. The normalized spacial score (nSPS) is 18.0. The molecule has 0 saturated carbocycles. The van der Waals surface area contributed by atoms with Crippen molar-refractivity contribution in [1.29, 1.82) is 0 Å². The highest BCUT2D eigenvalue weighted by Crippen LogP contribution is 2.40. The zero-order valence-electron chi connectivity index (χ0n) is 18.2. The maximum atomic E-state index is 13.1. The first-order valence-corrected chi connectivity index (χ1v) is 10.4. The van der Waals surface area contributed by atoms with Crippen LogP contribution >= 0.6 is 0 Å². The van der Waals surface area contributed by atoms with Gasteiger partial charge in [0.25, 0.3) is 11.7 Å². The highest BCUT2D eigenvalue weighted by atomic mass is 16.5. The molecule has 1 unspecified atom stereocenters. The summed E-state index contributed by atoms with van der Waals surface area (Å²) in [5.74, 6) is -1.06. The lowest BCUT2D eigenvalue weighted by Crippen LogP contribution is -2.32. The van der Waals surface area contributed by atoms with Crippen LogP contribution in [0.1, 0.15) is 29.9 Å². The van der Waals surface area contributed by atoms with Crippen molar-refractivity contribution in [2.45, 2.75) is 19.9 Å². The van der Waals surface area contributed by atoms with Crippen LogP contribution in [-0.2, 0) is 14.3 Å². The number of carbonyl (C=O) groups excluding carboxylic acids is 2. The van der Waals surface area contributed by atoms with Crippen LogP contribution in [0.25, 0.3) is 11.4 Å². The van der Waals surface area contributed by atoms with E-state index in [1.165, 1.54) is 12.0 Å². The molecule has 32 heavy (non-hydrogen) atoms. The van der Waals surface area contributed by atoms with E-state index < -0.39 is 17.7 Å². The molecule has 1 amide bonds. The number of carbonyl (C=O) groups is 2. The molecule has 3 heterocycles. The molecule has 1 N–H and O–H groups in total. The number of aryl methyl sites for hydroxylation is 1. The second-order valence-electron chi connectivity index (χ2n) is 7.47. The molecule has 4 rings (SSSR count). The molecule has 0 radical (unpaired) electrons. The summed E-state index contributed by atoms with van der Waals surface area (Å²) in [7, 11) is 1.53. The number of aromatic nitrogens is 2. The van der Waals surface area contributed by atoms with E-state index in [0.29, 0.717) is 35.0 Å². The number of rotatable bonds is 7. The Hall–Kier alpha value is -3.65. The van der Waals surface area contributed by atoms with Crippen molar-refractivity contribution >= 4 is 23.1 Å². The average molecular weight is 435 g/mol. The van der Waals surface area contributed by atoms with E-state index in [9.17, 15) is 14.7 Å². The van der Waals surface area contributed by atoms with Crippen molar-refractivity contribution < 1.29 is 24.2 Å². The van der Waals surface area contributed by atoms with Gasteiger partial charge in [0.2, 0.25) is 0 Å². The monoisotopic (exact) mass is 435 g/mol. The summed E-state index contributed by atoms with van der Waals surface area (Å²) in [5.41, 5.74) is 2.26. The van der Waals surface area contributed by atoms with Gasteiger partial charge >= 0.3 is 0 Å². The van der Waals surface area contributed by atoms with Crippen LogP contribution in [-0.4, -0.2) is 57.9 Å². The first kappa shape index (κ1) is 21.6. The van der Waals surface area contributed by atoms with Crippen molar-refractivity contribution in [1.82, 2.24) is 14.3 Å². The minimum Gasteiger partial charge on any atom is -0.505 e. The minimum absolute atomic E-state index is 0.0218. The summed E-state index contributed by atoms with van der Waals surface area (Å²) in [6.07, 6.45) is 1.76. The molecule has 0 aliphatic carbocycles. The zero-order chi connectivity index (χ0) is 22.8. The Labute approximate surface area is 185 Å². The summed E-state index contributed by atoms with van der Waals surface area (Å²) in [4.78, 5) is 32.0. The first-order chi connectivity index (χ1) is 15.5. The van der Waals surface area contributed by atoms with Gasteiger partial charge in [-0.3, -0.25) is 14.0 Å². The van der Waals surface area contributed by atoms with Gasteiger partial charge in [0.1, 0.15) is 17.1 Å². The van der Waals surface area contributed by atoms with E-state index in [4.69, 9.17) is 9.47 Å². The van der Waals surface area contributed by atoms with Gasteiger partial charge in [-0.2, -0.15) is 0 Å². The van der Waals surface area contributed by atoms with Crippen molar-refractivity contribution in [3.8, 4) is 5.75 Å². The van der Waals surface area contributed by atoms with Gasteiger partial charge in [0.05, 0.1) is 30.5 Å². The second-order valence-corrected chi connectivity index (χ2v) is 7.47. The van der Waals surface area contributed by atoms with Crippen LogP contribution in [0.3, 0.4) is 0 Å². The predicted molar refractivity (Wildman–Crippen MR) is 118 cm³/mol. The van der Waals surface area contributed by atoms with Crippen molar-refractivity contribution in [3.05, 3.63) is 71.2 Å². The summed E-state index contributed by atoms with van der Waals surface area (Å²) in [6.45, 7) is 4.57. The standard InChI is InChI=1S/C24H25N3O5/c1-4-32-17-9-7-8-16(14-17)21-19(23(29)24(30)27(21)12-13-31-3)22(28)20-15(2)25-18-10-5-6-11-26(18)20/h5-11,14,21,28H,4,12-13H2,1-3H3. The topological polar surface area (TPSA) is 93.4 Å². The Balaban J connectivity index is 1.93. The number of aliphatic hydroxyl groups is 1. The van der Waals surface area contributed by atoms with Gasteiger partial charge < -0.3 is 19.5 Å². The Morgan fingerprint density at radius 2 is 2.00 bits per heavy atom. The van der Waals surface area contributed by atoms with E-state index in [0.717, 1.165) is 0 Å². The molecule has 1 atom stereocenters. The van der Waals surface area contributed by atoms with Crippen LogP contribution in [0, 0.1) is 6.92 Å². The fraction of sp³-hybridized carbons (Fsp3) is 0.292. The number of ether oxygens (including phenoxy) is 2. The van der Waals surface area contributed by atoms with E-state index >= 15 is 0 Å². The van der Waals surface area contributed by atoms with Crippen LogP contribution in [0.15, 0.2) is 54.2 Å². The molecule has 8 heteroatoms. The molecule has 2 aromatic heterocycles. The summed E-state index contributed by atoms with van der Waals surface area (Å²) in [6, 6.07) is 11.9. The predicted octanol–water partition coefficient (Wildman–Crippen LogP) is 3.11. The SMILES string of the molecule is CCOc1cccc(C2C(=C(O)c3c(C)nc4ccccn34)C(=O)C(=O)N2CCOC)c1. The molecule has 1 aromatic carbocycles. The first-order valence-electron chi connectivity index (χ1n) is 10.4. The number of fused-ring (bicyclic) bond motifs is 1. The van der Waals surface area contributed by atoms with Crippen molar-refractivity contribution in [2.24, 2.45) is 0 Å². The summed E-state index contributed by atoms with van der Waals surface area (Å²) in [5, 5.41) is 11.4. The van der Waals surface area contributed by atoms with E-state index in [-0.39, 0.29) is 24.5 Å². The zero-order valence-corrected chi connectivity index (χ0v) is 18.2. The largest absolute Gasteiger partial charge is 0.505 e. The molecule has 1 aliphatic heterocycles. The number of hydrogen-bond donors (Lipinski definition) is 1. The third-order valence-electron chi connectivity index (χ3n) is 5.49. The van der Waals surface area contributed by atoms with Crippen LogP contribution in [0.5, 0.6) is 5.75 Å². The van der Waals surface area contributed by atoms with Gasteiger partial charge in [0.15, 0.2) is 5.76 Å². The lowest BCUT2D eigenvalue weighted by molar-refractivity contribution is -0.140. The van der Waals surface area contributed by atoms with Crippen LogP contribution in [0.4, 0.5) is 0 Å². The molecular weight excluding hydrogens is 410 g/mol. The van der Waals surface area contributed by atoms with E-state index in [2.05, 4.69) is 4.98 Å². The fourth-order valence-corrected chi connectivity index (χ4v) is 4.11. The molecule has 3 aromatic rings. The van der Waals surface area contributed by atoms with E-state index in [1.54, 1.807) is 29.7 Å². The van der Waals surface area contributed by atoms with Crippen LogP contribution in [0.2, 0.25) is 0 Å². The number of imidazole rings is 1. The average Bonchev–Trinajstić information content (AvgIpc) is 3.25. The van der Waals surface area contributed by atoms with Gasteiger partial charge in [-0.1, -0.05) is 18.2 Å². The fourth-order valence-electron chi connectivity index (χ4n) is 4.11. The number of hydrogen-bond acceptors (Lipinski definition) is 6. The van der Waals surface area contributed by atoms with Gasteiger partial charge in [0, 0.05) is 19.9 Å². The smallest absolute Gasteiger partial charge is 0.295 e. The number of likely N-dealkylation sites (tertiary alicyclic amines) is 1. The molecule has 8 nitrogen and oxygen atoms in total. The Morgan fingerprint density at radius 1 is 1.19 bits per heavy atom. The maximum Gasteiger partial charge on any atom is 0.295 e. The van der Waals surface area contributed by atoms with Crippen molar-refractivity contribution in [2.75, 3.05) is 26.9 Å². The van der Waals surface area contributed by atoms with Gasteiger partial charge in [-0.15, -0.1) is 0 Å². The lowest BCUT2D eigenvalue weighted by atomic mass is 9.96. The Morgan fingerprint density at radius 3 is 2.75 bits per heavy atom. The molecule has 1 aliphatic rings. The van der Waals surface area contributed by atoms with Gasteiger partial charge in [-0.05, 0) is 43.7 Å². The summed E-state index contributed by atoms with van der Waals surface area (Å²) < 4.78 is 12.5. The number of nitrogens with zero attached hydrogens (tertiary/aromatic N) is 3. The molecule has 1 saturated heterocycles. The highest BCUT2D eigenvalue weighted by Gasteiger charge is 2.46. The molecule has 0 spiro atoms. The molecule has 166 valence electrons. The molecular formula is C24H25N3O5. The number of methoxy groups -OCH3 is 1. The second kappa shape index (κ2) is 8.84. The molecule has 1 fully saturated rings.